The number of hydrogen-bond acceptors (Lipinski definition) is 6. The van der Waals surface area contributed by atoms with Crippen LogP contribution in [0.25, 0.3) is 11.0 Å². The molecule has 25 heavy (non-hydrogen) atoms. The molecule has 0 unspecified atom stereocenters. The Balaban J connectivity index is 1.80. The van der Waals surface area contributed by atoms with Crippen LogP contribution >= 0.6 is 0 Å². The largest absolute Gasteiger partial charge is 0.384 e. The Kier molecular flexibility index (Phi) is 4.47. The van der Waals surface area contributed by atoms with Gasteiger partial charge in [0.2, 0.25) is 5.91 Å². The van der Waals surface area contributed by atoms with E-state index in [1.807, 2.05) is 45.2 Å². The molecule has 2 aromatic heterocycles. The third-order valence-corrected chi connectivity index (χ3v) is 3.99. The number of pyridine rings is 1. The van der Waals surface area contributed by atoms with Gasteiger partial charge in [-0.1, -0.05) is 18.2 Å². The molecule has 0 bridgehead atoms. The minimum absolute atomic E-state index is 0.116. The first-order valence-electron chi connectivity index (χ1n) is 7.90. The van der Waals surface area contributed by atoms with Crippen LogP contribution in [0.1, 0.15) is 11.1 Å². The molecule has 7 nitrogen and oxygen atoms in total. The fraction of sp³-hybridized carbons (Fsp3) is 0.222. The molecule has 1 aromatic carbocycles. The maximum atomic E-state index is 12.5. The molecule has 7 heteroatoms. The SMILES string of the molecule is Cc1cccc(C)c1NC(=O)CN(C)c1ncnc2nc(N)ccc12. The van der Waals surface area contributed by atoms with Gasteiger partial charge in [-0.25, -0.2) is 15.0 Å². The number of nitrogens with zero attached hydrogens (tertiary/aromatic N) is 4. The van der Waals surface area contributed by atoms with E-state index in [1.54, 1.807) is 11.0 Å². The Bertz CT molecular complexity index is 920. The van der Waals surface area contributed by atoms with Crippen LogP contribution < -0.4 is 16.0 Å². The molecule has 0 fully saturated rings. The van der Waals surface area contributed by atoms with Crippen LogP contribution in [0.5, 0.6) is 0 Å². The molecule has 3 N–H and O–H groups in total. The van der Waals surface area contributed by atoms with Crippen LogP contribution in [0.2, 0.25) is 0 Å². The summed E-state index contributed by atoms with van der Waals surface area (Å²) in [6.45, 7) is 4.10. The van der Waals surface area contributed by atoms with Gasteiger partial charge >= 0.3 is 0 Å². The summed E-state index contributed by atoms with van der Waals surface area (Å²) in [6.07, 6.45) is 1.42. The number of rotatable bonds is 4. The van der Waals surface area contributed by atoms with E-state index in [1.165, 1.54) is 6.33 Å². The quantitative estimate of drug-likeness (QED) is 0.759. The number of likely N-dealkylation sites (N-methyl/N-ethyl adjacent to an activating group) is 1. The van der Waals surface area contributed by atoms with Crippen molar-refractivity contribution in [2.75, 3.05) is 29.5 Å². The molecule has 3 rings (SSSR count). The number of amides is 1. The number of benzene rings is 1. The number of hydrogen-bond donors (Lipinski definition) is 2. The van der Waals surface area contributed by atoms with Crippen molar-refractivity contribution >= 4 is 34.3 Å². The highest BCUT2D eigenvalue weighted by atomic mass is 16.2. The molecular formula is C18H20N6O. The highest BCUT2D eigenvalue weighted by molar-refractivity contribution is 5.97. The van der Waals surface area contributed by atoms with Gasteiger partial charge in [-0.2, -0.15) is 0 Å². The monoisotopic (exact) mass is 336 g/mol. The Morgan fingerprint density at radius 1 is 1.16 bits per heavy atom. The summed E-state index contributed by atoms with van der Waals surface area (Å²) < 4.78 is 0. The van der Waals surface area contributed by atoms with Gasteiger partial charge < -0.3 is 16.0 Å². The summed E-state index contributed by atoms with van der Waals surface area (Å²) >= 11 is 0. The number of carbonyl (C=O) groups is 1. The number of para-hydroxylation sites is 1. The lowest BCUT2D eigenvalue weighted by Gasteiger charge is -2.20. The Morgan fingerprint density at radius 3 is 2.60 bits per heavy atom. The lowest BCUT2D eigenvalue weighted by atomic mass is 10.1. The van der Waals surface area contributed by atoms with Gasteiger partial charge in [0.25, 0.3) is 0 Å². The number of fused-ring (bicyclic) bond motifs is 1. The van der Waals surface area contributed by atoms with Gasteiger partial charge in [0, 0.05) is 12.7 Å². The third-order valence-electron chi connectivity index (χ3n) is 3.99. The van der Waals surface area contributed by atoms with Gasteiger partial charge in [0.15, 0.2) is 5.65 Å². The van der Waals surface area contributed by atoms with Crippen LogP contribution in [0.3, 0.4) is 0 Å². The molecule has 128 valence electrons. The molecule has 0 atom stereocenters. The van der Waals surface area contributed by atoms with Crippen LogP contribution in [0.15, 0.2) is 36.7 Å². The van der Waals surface area contributed by atoms with Gasteiger partial charge in [-0.3, -0.25) is 4.79 Å². The maximum absolute atomic E-state index is 12.5. The van der Waals surface area contributed by atoms with E-state index >= 15 is 0 Å². The normalized spacial score (nSPS) is 10.7. The fourth-order valence-electron chi connectivity index (χ4n) is 2.73. The van der Waals surface area contributed by atoms with E-state index in [2.05, 4.69) is 20.3 Å². The predicted octanol–water partition coefficient (Wildman–Crippen LogP) is 2.30. The van der Waals surface area contributed by atoms with E-state index in [0.717, 1.165) is 22.2 Å². The van der Waals surface area contributed by atoms with E-state index in [-0.39, 0.29) is 12.5 Å². The van der Waals surface area contributed by atoms with Crippen molar-refractivity contribution in [1.82, 2.24) is 15.0 Å². The molecule has 1 amide bonds. The van der Waals surface area contributed by atoms with Gasteiger partial charge in [0.05, 0.1) is 11.9 Å². The summed E-state index contributed by atoms with van der Waals surface area (Å²) in [5, 5.41) is 3.73. The van der Waals surface area contributed by atoms with Gasteiger partial charge in [-0.05, 0) is 37.1 Å². The molecular weight excluding hydrogens is 316 g/mol. The standard InChI is InChI=1S/C18H20N6O/c1-11-5-4-6-12(2)16(11)23-15(25)9-24(3)18-13-7-8-14(19)22-17(13)20-10-21-18/h4-8,10H,9H2,1-3H3,(H,23,25)(H2,19,20,21,22). The fourth-order valence-corrected chi connectivity index (χ4v) is 2.73. The Morgan fingerprint density at radius 2 is 1.88 bits per heavy atom. The number of carbonyl (C=O) groups excluding carboxylic acids is 1. The molecule has 0 spiro atoms. The van der Waals surface area contributed by atoms with Crippen molar-refractivity contribution in [3.63, 3.8) is 0 Å². The van der Waals surface area contributed by atoms with Crippen LogP contribution in [-0.4, -0.2) is 34.5 Å². The third kappa shape index (κ3) is 3.50. The summed E-state index contributed by atoms with van der Waals surface area (Å²) in [5.41, 5.74) is 9.11. The number of nitrogen functional groups attached to an aromatic ring is 1. The lowest BCUT2D eigenvalue weighted by Crippen LogP contribution is -2.31. The van der Waals surface area contributed by atoms with Crippen molar-refractivity contribution in [2.24, 2.45) is 0 Å². The molecule has 2 heterocycles. The zero-order chi connectivity index (χ0) is 18.0. The molecule has 0 saturated heterocycles. The van der Waals surface area contributed by atoms with Crippen LogP contribution in [-0.2, 0) is 4.79 Å². The minimum atomic E-state index is -0.116. The molecule has 0 saturated carbocycles. The summed E-state index contributed by atoms with van der Waals surface area (Å²) in [6, 6.07) is 9.42. The smallest absolute Gasteiger partial charge is 0.243 e. The minimum Gasteiger partial charge on any atom is -0.384 e. The van der Waals surface area contributed by atoms with Crippen molar-refractivity contribution < 1.29 is 4.79 Å². The van der Waals surface area contributed by atoms with Crippen molar-refractivity contribution in [3.8, 4) is 0 Å². The number of aromatic nitrogens is 3. The molecule has 0 aliphatic carbocycles. The maximum Gasteiger partial charge on any atom is 0.243 e. The average molecular weight is 336 g/mol. The van der Waals surface area contributed by atoms with E-state index in [0.29, 0.717) is 17.3 Å². The topological polar surface area (TPSA) is 97.0 Å². The Labute approximate surface area is 145 Å². The van der Waals surface area contributed by atoms with Crippen LogP contribution in [0.4, 0.5) is 17.3 Å². The first-order chi connectivity index (χ1) is 12.0. The number of aryl methyl sites for hydroxylation is 2. The first-order valence-corrected chi connectivity index (χ1v) is 7.90. The highest BCUT2D eigenvalue weighted by Gasteiger charge is 2.14. The molecule has 3 aromatic rings. The van der Waals surface area contributed by atoms with Crippen molar-refractivity contribution in [3.05, 3.63) is 47.8 Å². The van der Waals surface area contributed by atoms with E-state index in [4.69, 9.17) is 5.73 Å². The highest BCUT2D eigenvalue weighted by Crippen LogP contribution is 2.22. The second-order valence-electron chi connectivity index (χ2n) is 5.98. The first kappa shape index (κ1) is 16.6. The number of nitrogens with two attached hydrogens (primary N) is 1. The Hall–Kier alpha value is -3.22. The van der Waals surface area contributed by atoms with Gasteiger partial charge in [-0.15, -0.1) is 0 Å². The molecule has 0 aliphatic rings. The summed E-state index contributed by atoms with van der Waals surface area (Å²) in [5.74, 6) is 0.914. The summed E-state index contributed by atoms with van der Waals surface area (Å²) in [4.78, 5) is 26.8. The summed E-state index contributed by atoms with van der Waals surface area (Å²) in [7, 11) is 1.81. The molecule has 0 radical (unpaired) electrons. The second-order valence-corrected chi connectivity index (χ2v) is 5.98. The predicted molar refractivity (Wildman–Crippen MR) is 99.6 cm³/mol. The zero-order valence-electron chi connectivity index (χ0n) is 14.4. The van der Waals surface area contributed by atoms with Crippen molar-refractivity contribution in [2.45, 2.75) is 13.8 Å². The average Bonchev–Trinajstić information content (AvgIpc) is 2.57. The van der Waals surface area contributed by atoms with E-state index in [9.17, 15) is 4.79 Å². The second kappa shape index (κ2) is 6.72. The number of nitrogens with one attached hydrogen (secondary N) is 1. The van der Waals surface area contributed by atoms with E-state index < -0.39 is 0 Å². The van der Waals surface area contributed by atoms with Crippen LogP contribution in [0, 0.1) is 13.8 Å². The number of anilines is 3. The molecule has 0 aliphatic heterocycles. The van der Waals surface area contributed by atoms with Gasteiger partial charge in [0.1, 0.15) is 18.0 Å². The van der Waals surface area contributed by atoms with Crippen molar-refractivity contribution in [1.29, 1.82) is 0 Å². The lowest BCUT2D eigenvalue weighted by molar-refractivity contribution is -0.114. The zero-order valence-corrected chi connectivity index (χ0v) is 14.4.